The van der Waals surface area contributed by atoms with E-state index in [1.54, 1.807) is 0 Å². The van der Waals surface area contributed by atoms with Gasteiger partial charge in [-0.2, -0.15) is 0 Å². The third-order valence-electron chi connectivity index (χ3n) is 3.21. The summed E-state index contributed by atoms with van der Waals surface area (Å²) < 4.78 is 23.7. The standard InChI is InChI=1S/C12H21NO5S/c1-2-3-6-13-10(14)8-19(17,18)9-12(4-5-12)7-11(15)16/h2-9H2,1H3,(H,13,14)(H,15,16). The molecule has 1 aliphatic carbocycles. The normalized spacial score (nSPS) is 16.9. The van der Waals surface area contributed by atoms with Gasteiger partial charge in [0.2, 0.25) is 5.91 Å². The molecule has 1 fully saturated rings. The highest BCUT2D eigenvalue weighted by molar-refractivity contribution is 7.92. The molecule has 0 radical (unpaired) electrons. The van der Waals surface area contributed by atoms with Gasteiger partial charge in [-0.3, -0.25) is 9.59 Å². The van der Waals surface area contributed by atoms with Crippen LogP contribution >= 0.6 is 0 Å². The Bertz CT molecular complexity index is 439. The van der Waals surface area contributed by atoms with Crippen molar-refractivity contribution in [1.29, 1.82) is 0 Å². The van der Waals surface area contributed by atoms with E-state index in [2.05, 4.69) is 5.32 Å². The number of carboxylic acids is 1. The minimum atomic E-state index is -3.53. The molecule has 0 unspecified atom stereocenters. The van der Waals surface area contributed by atoms with Crippen molar-refractivity contribution in [1.82, 2.24) is 5.32 Å². The molecule has 0 bridgehead atoms. The molecule has 1 rings (SSSR count). The fourth-order valence-electron chi connectivity index (χ4n) is 2.04. The first-order valence-electron chi connectivity index (χ1n) is 6.47. The van der Waals surface area contributed by atoms with Crippen LogP contribution in [0.3, 0.4) is 0 Å². The first kappa shape index (κ1) is 15.9. The van der Waals surface area contributed by atoms with E-state index in [0.29, 0.717) is 19.4 Å². The molecule has 110 valence electrons. The Morgan fingerprint density at radius 1 is 1.32 bits per heavy atom. The van der Waals surface area contributed by atoms with Crippen LogP contribution in [0, 0.1) is 5.41 Å². The lowest BCUT2D eigenvalue weighted by Crippen LogP contribution is -2.33. The Balaban J connectivity index is 2.44. The quantitative estimate of drug-likeness (QED) is 0.605. The highest BCUT2D eigenvalue weighted by Crippen LogP contribution is 2.49. The number of hydrogen-bond acceptors (Lipinski definition) is 4. The topological polar surface area (TPSA) is 101 Å². The van der Waals surface area contributed by atoms with E-state index in [9.17, 15) is 18.0 Å². The molecule has 1 saturated carbocycles. The van der Waals surface area contributed by atoms with Crippen molar-refractivity contribution in [2.75, 3.05) is 18.1 Å². The Labute approximate surface area is 113 Å². The number of unbranched alkanes of at least 4 members (excludes halogenated alkanes) is 1. The van der Waals surface area contributed by atoms with Crippen molar-refractivity contribution in [3.63, 3.8) is 0 Å². The number of hydrogen-bond donors (Lipinski definition) is 2. The number of carbonyl (C=O) groups excluding carboxylic acids is 1. The molecule has 0 atom stereocenters. The predicted octanol–water partition coefficient (Wildman–Crippen LogP) is 0.572. The van der Waals surface area contributed by atoms with E-state index in [4.69, 9.17) is 5.11 Å². The van der Waals surface area contributed by atoms with Crippen molar-refractivity contribution in [2.45, 2.75) is 39.0 Å². The molecule has 19 heavy (non-hydrogen) atoms. The highest BCUT2D eigenvalue weighted by atomic mass is 32.2. The minimum absolute atomic E-state index is 0.135. The van der Waals surface area contributed by atoms with E-state index < -0.39 is 32.9 Å². The molecule has 7 heteroatoms. The molecule has 6 nitrogen and oxygen atoms in total. The van der Waals surface area contributed by atoms with Crippen molar-refractivity contribution >= 4 is 21.7 Å². The molecule has 0 saturated heterocycles. The summed E-state index contributed by atoms with van der Waals surface area (Å²) in [5, 5.41) is 11.3. The average Bonchev–Trinajstić information content (AvgIpc) is 2.94. The molecule has 0 aromatic heterocycles. The fraction of sp³-hybridized carbons (Fsp3) is 0.833. The maximum atomic E-state index is 11.9. The van der Waals surface area contributed by atoms with Gasteiger partial charge in [0, 0.05) is 6.54 Å². The van der Waals surface area contributed by atoms with Gasteiger partial charge in [0.15, 0.2) is 9.84 Å². The van der Waals surface area contributed by atoms with Gasteiger partial charge in [-0.1, -0.05) is 13.3 Å². The number of nitrogens with one attached hydrogen (secondary N) is 1. The number of sulfone groups is 1. The van der Waals surface area contributed by atoms with Gasteiger partial charge in [0.25, 0.3) is 0 Å². The highest BCUT2D eigenvalue weighted by Gasteiger charge is 2.47. The van der Waals surface area contributed by atoms with E-state index in [-0.39, 0.29) is 12.2 Å². The van der Waals surface area contributed by atoms with Gasteiger partial charge in [0.05, 0.1) is 12.2 Å². The molecular weight excluding hydrogens is 270 g/mol. The van der Waals surface area contributed by atoms with E-state index in [1.807, 2.05) is 6.92 Å². The lowest BCUT2D eigenvalue weighted by molar-refractivity contribution is -0.138. The van der Waals surface area contributed by atoms with Crippen molar-refractivity contribution in [2.24, 2.45) is 5.41 Å². The van der Waals surface area contributed by atoms with Crippen molar-refractivity contribution in [3.8, 4) is 0 Å². The zero-order valence-electron chi connectivity index (χ0n) is 11.1. The summed E-state index contributed by atoms with van der Waals surface area (Å²) in [4.78, 5) is 22.1. The van der Waals surface area contributed by atoms with Gasteiger partial charge in [-0.15, -0.1) is 0 Å². The van der Waals surface area contributed by atoms with E-state index >= 15 is 0 Å². The summed E-state index contributed by atoms with van der Waals surface area (Å²) in [5.74, 6) is -2.23. The van der Waals surface area contributed by atoms with Crippen LogP contribution in [0.15, 0.2) is 0 Å². The van der Waals surface area contributed by atoms with Crippen LogP contribution in [0.5, 0.6) is 0 Å². The minimum Gasteiger partial charge on any atom is -0.481 e. The molecule has 2 N–H and O–H groups in total. The van der Waals surface area contributed by atoms with Crippen LogP contribution in [0.2, 0.25) is 0 Å². The summed E-state index contributed by atoms with van der Waals surface area (Å²) >= 11 is 0. The molecule has 0 spiro atoms. The Kier molecular flexibility index (Phi) is 5.34. The van der Waals surface area contributed by atoms with Crippen LogP contribution in [-0.4, -0.2) is 43.5 Å². The Hall–Kier alpha value is -1.11. The molecule has 0 aromatic rings. The van der Waals surface area contributed by atoms with Crippen LogP contribution in [-0.2, 0) is 19.4 Å². The largest absolute Gasteiger partial charge is 0.481 e. The molecular formula is C12H21NO5S. The van der Waals surface area contributed by atoms with Gasteiger partial charge in [-0.05, 0) is 24.7 Å². The summed E-state index contributed by atoms with van der Waals surface area (Å²) in [6.07, 6.45) is 2.82. The molecule has 0 aromatic carbocycles. The van der Waals surface area contributed by atoms with Crippen LogP contribution < -0.4 is 5.32 Å². The van der Waals surface area contributed by atoms with Gasteiger partial charge >= 0.3 is 5.97 Å². The van der Waals surface area contributed by atoms with Crippen LogP contribution in [0.4, 0.5) is 0 Å². The van der Waals surface area contributed by atoms with Crippen LogP contribution in [0.25, 0.3) is 0 Å². The number of aliphatic carboxylic acids is 1. The average molecular weight is 291 g/mol. The summed E-state index contributed by atoms with van der Waals surface area (Å²) in [6, 6.07) is 0. The third kappa shape index (κ3) is 6.04. The summed E-state index contributed by atoms with van der Waals surface area (Å²) in [7, 11) is -3.53. The second kappa shape index (κ2) is 6.36. The Morgan fingerprint density at radius 3 is 2.42 bits per heavy atom. The third-order valence-corrected chi connectivity index (χ3v) is 4.97. The lowest BCUT2D eigenvalue weighted by atomic mass is 10.1. The number of carbonyl (C=O) groups is 2. The Morgan fingerprint density at radius 2 is 1.95 bits per heavy atom. The zero-order valence-corrected chi connectivity index (χ0v) is 12.0. The maximum absolute atomic E-state index is 11.9. The molecule has 1 amide bonds. The monoisotopic (exact) mass is 291 g/mol. The summed E-state index contributed by atoms with van der Waals surface area (Å²) in [5.41, 5.74) is -0.631. The van der Waals surface area contributed by atoms with Gasteiger partial charge < -0.3 is 10.4 Å². The molecule has 0 aliphatic heterocycles. The number of rotatable bonds is 9. The zero-order chi connectivity index (χ0) is 14.5. The SMILES string of the molecule is CCCCNC(=O)CS(=O)(=O)CC1(CC(=O)O)CC1. The lowest BCUT2D eigenvalue weighted by Gasteiger charge is -2.12. The van der Waals surface area contributed by atoms with Crippen molar-refractivity contribution in [3.05, 3.63) is 0 Å². The number of amides is 1. The molecule has 0 heterocycles. The number of carboxylic acid groups (broad SMARTS) is 1. The fourth-order valence-corrected chi connectivity index (χ4v) is 3.97. The van der Waals surface area contributed by atoms with E-state index in [1.165, 1.54) is 0 Å². The second-order valence-corrected chi connectivity index (χ2v) is 7.37. The molecule has 1 aliphatic rings. The summed E-state index contributed by atoms with van der Waals surface area (Å²) in [6.45, 7) is 2.46. The van der Waals surface area contributed by atoms with E-state index in [0.717, 1.165) is 12.8 Å². The first-order valence-corrected chi connectivity index (χ1v) is 8.30. The first-order chi connectivity index (χ1) is 8.79. The maximum Gasteiger partial charge on any atom is 0.303 e. The predicted molar refractivity (Wildman–Crippen MR) is 70.5 cm³/mol. The van der Waals surface area contributed by atoms with Gasteiger partial charge in [-0.25, -0.2) is 8.42 Å². The van der Waals surface area contributed by atoms with Crippen molar-refractivity contribution < 1.29 is 23.1 Å². The van der Waals surface area contributed by atoms with Crippen LogP contribution in [0.1, 0.15) is 39.0 Å². The smallest absolute Gasteiger partial charge is 0.303 e. The second-order valence-electron chi connectivity index (χ2n) is 5.31. The van der Waals surface area contributed by atoms with Gasteiger partial charge in [0.1, 0.15) is 5.75 Å².